The highest BCUT2D eigenvalue weighted by Crippen LogP contribution is 2.23. The summed E-state index contributed by atoms with van der Waals surface area (Å²) in [6, 6.07) is 14.0. The Morgan fingerprint density at radius 1 is 0.933 bits per heavy atom. The van der Waals surface area contributed by atoms with E-state index in [0.717, 1.165) is 11.4 Å². The Balaban J connectivity index is 1.82. The summed E-state index contributed by atoms with van der Waals surface area (Å²) in [5.41, 5.74) is 10.1. The summed E-state index contributed by atoms with van der Waals surface area (Å²) in [6.07, 6.45) is 3.25. The molecule has 0 saturated carbocycles. The number of anilines is 2. The van der Waals surface area contributed by atoms with E-state index in [1.165, 1.54) is 0 Å². The summed E-state index contributed by atoms with van der Waals surface area (Å²) >= 11 is 0. The predicted molar refractivity (Wildman–Crippen MR) is 120 cm³/mol. The molecule has 8 heteroatoms. The van der Waals surface area contributed by atoms with Crippen molar-refractivity contribution in [1.82, 2.24) is 0 Å². The van der Waals surface area contributed by atoms with Crippen LogP contribution in [0.25, 0.3) is 0 Å². The smallest absolute Gasteiger partial charge is 0.115 e. The van der Waals surface area contributed by atoms with E-state index in [0.29, 0.717) is 35.9 Å². The molecule has 0 aliphatic heterocycles. The molecule has 2 aromatic carbocycles. The lowest BCUT2D eigenvalue weighted by atomic mass is 10.0. The van der Waals surface area contributed by atoms with Crippen molar-refractivity contribution in [3.63, 3.8) is 0 Å². The van der Waals surface area contributed by atoms with Crippen molar-refractivity contribution in [2.45, 2.75) is 0 Å². The minimum Gasteiger partial charge on any atom is -0.508 e. The lowest BCUT2D eigenvalue weighted by Gasteiger charge is -2.23. The maximum atomic E-state index is 9.41. The zero-order chi connectivity index (χ0) is 21.5. The van der Waals surface area contributed by atoms with Gasteiger partial charge >= 0.3 is 0 Å². The average Bonchev–Trinajstić information content (AvgIpc) is 2.73. The van der Waals surface area contributed by atoms with Crippen LogP contribution in [0.15, 0.2) is 77.1 Å². The fourth-order valence-corrected chi connectivity index (χ4v) is 2.99. The van der Waals surface area contributed by atoms with Gasteiger partial charge in [0.25, 0.3) is 0 Å². The molecule has 0 amide bonds. The molecule has 1 aliphatic carbocycles. The van der Waals surface area contributed by atoms with Crippen molar-refractivity contribution >= 4 is 28.5 Å². The van der Waals surface area contributed by atoms with E-state index in [4.69, 9.17) is 11.1 Å². The van der Waals surface area contributed by atoms with Crippen LogP contribution in [-0.2, 0) is 0 Å². The summed E-state index contributed by atoms with van der Waals surface area (Å²) in [5.74, 6) is 0.166. The van der Waals surface area contributed by atoms with Crippen LogP contribution in [0.1, 0.15) is 0 Å². The van der Waals surface area contributed by atoms with Gasteiger partial charge in [-0.3, -0.25) is 5.41 Å². The highest BCUT2D eigenvalue weighted by atomic mass is 16.3. The van der Waals surface area contributed by atoms with E-state index < -0.39 is 0 Å². The van der Waals surface area contributed by atoms with E-state index in [2.05, 4.69) is 10.3 Å². The topological polar surface area (TPSA) is 138 Å². The number of aromatic hydroxyl groups is 1. The van der Waals surface area contributed by atoms with E-state index >= 15 is 0 Å². The second-order valence-electron chi connectivity index (χ2n) is 6.69. The van der Waals surface area contributed by atoms with Crippen LogP contribution in [0.2, 0.25) is 0 Å². The lowest BCUT2D eigenvalue weighted by Crippen LogP contribution is -2.29. The van der Waals surface area contributed by atoms with Crippen LogP contribution in [0.4, 0.5) is 17.1 Å². The minimum atomic E-state index is -0.00105. The van der Waals surface area contributed by atoms with Gasteiger partial charge in [0.1, 0.15) is 5.75 Å². The van der Waals surface area contributed by atoms with Crippen LogP contribution >= 0.6 is 0 Å². The molecule has 3 rings (SSSR count). The number of aliphatic imine (C=N–C) groups is 1. The van der Waals surface area contributed by atoms with Gasteiger partial charge in [-0.25, -0.2) is 4.99 Å². The number of hydrogen-bond donors (Lipinski definition) is 6. The number of aliphatic hydroxyl groups is 2. The zero-order valence-corrected chi connectivity index (χ0v) is 16.4. The van der Waals surface area contributed by atoms with Crippen molar-refractivity contribution in [1.29, 1.82) is 5.41 Å². The molecule has 2 aromatic rings. The third-order valence-electron chi connectivity index (χ3n) is 4.52. The number of benzene rings is 2. The normalized spacial score (nSPS) is 15.0. The van der Waals surface area contributed by atoms with Crippen LogP contribution in [0.3, 0.4) is 0 Å². The molecule has 0 unspecified atom stereocenters. The second-order valence-corrected chi connectivity index (χ2v) is 6.69. The number of nitrogens with zero attached hydrogens (tertiary/aromatic N) is 2. The van der Waals surface area contributed by atoms with Crippen molar-refractivity contribution in [3.05, 3.63) is 72.1 Å². The van der Waals surface area contributed by atoms with E-state index in [1.54, 1.807) is 36.4 Å². The third kappa shape index (κ3) is 5.25. The van der Waals surface area contributed by atoms with Crippen molar-refractivity contribution in [3.8, 4) is 5.75 Å². The Morgan fingerprint density at radius 3 is 2.17 bits per heavy atom. The van der Waals surface area contributed by atoms with E-state index in [9.17, 15) is 15.3 Å². The molecule has 30 heavy (non-hydrogen) atoms. The van der Waals surface area contributed by atoms with Gasteiger partial charge < -0.3 is 31.3 Å². The number of aliphatic hydroxyl groups excluding tert-OH is 2. The summed E-state index contributed by atoms with van der Waals surface area (Å²) in [6.45, 7) is 0.861. The molecule has 0 radical (unpaired) electrons. The molecule has 8 nitrogen and oxygen atoms in total. The number of hydrogen-bond acceptors (Lipinski definition) is 8. The lowest BCUT2D eigenvalue weighted by molar-refractivity contribution is 0.281. The summed E-state index contributed by atoms with van der Waals surface area (Å²) in [7, 11) is 0. The SMILES string of the molecule is N=C1C=C(N)C(=Nc2ccc(N(CCO)CCO)cc2)C=C1Nc1ccc(O)cc1. The second kappa shape index (κ2) is 9.73. The van der Waals surface area contributed by atoms with Gasteiger partial charge in [-0.2, -0.15) is 0 Å². The van der Waals surface area contributed by atoms with Gasteiger partial charge in [-0.15, -0.1) is 0 Å². The number of allylic oxidation sites excluding steroid dienone is 2. The standard InChI is InChI=1S/C22H25N5O3/c23-19-13-20(24)22(26-16-3-7-18(30)8-4-16)14-21(19)25-15-1-5-17(6-2-15)27(9-11-28)10-12-29/h1-8,13-14,24,26,28-30H,9-12,23H2. The Labute approximate surface area is 174 Å². The number of nitrogens with one attached hydrogen (secondary N) is 2. The number of rotatable bonds is 8. The minimum absolute atomic E-state index is 0.00105. The Kier molecular flexibility index (Phi) is 6.84. The summed E-state index contributed by atoms with van der Waals surface area (Å²) in [5, 5.41) is 39.1. The molecule has 0 fully saturated rings. The number of phenolic OH excluding ortho intramolecular Hbond substituents is 1. The molecule has 0 heterocycles. The maximum Gasteiger partial charge on any atom is 0.115 e. The first kappa shape index (κ1) is 21.1. The first-order valence-corrected chi connectivity index (χ1v) is 9.50. The van der Waals surface area contributed by atoms with Gasteiger partial charge in [0, 0.05) is 24.5 Å². The highest BCUT2D eigenvalue weighted by Gasteiger charge is 2.15. The Bertz CT molecular complexity index is 973. The van der Waals surface area contributed by atoms with E-state index in [-0.39, 0.29) is 24.7 Å². The summed E-state index contributed by atoms with van der Waals surface area (Å²) < 4.78 is 0. The third-order valence-corrected chi connectivity index (χ3v) is 4.52. The van der Waals surface area contributed by atoms with Crippen molar-refractivity contribution in [2.75, 3.05) is 36.5 Å². The fourth-order valence-electron chi connectivity index (χ4n) is 2.99. The summed E-state index contributed by atoms with van der Waals surface area (Å²) in [4.78, 5) is 6.47. The van der Waals surface area contributed by atoms with Gasteiger partial charge in [0.15, 0.2) is 0 Å². The quantitative estimate of drug-likeness (QED) is 0.293. The van der Waals surface area contributed by atoms with E-state index in [1.807, 2.05) is 29.2 Å². The Hall–Kier alpha value is -3.62. The molecular weight excluding hydrogens is 382 g/mol. The largest absolute Gasteiger partial charge is 0.508 e. The maximum absolute atomic E-state index is 9.41. The highest BCUT2D eigenvalue weighted by molar-refractivity contribution is 6.23. The first-order valence-electron chi connectivity index (χ1n) is 9.50. The van der Waals surface area contributed by atoms with Gasteiger partial charge in [-0.05, 0) is 60.7 Å². The van der Waals surface area contributed by atoms with Crippen LogP contribution in [0.5, 0.6) is 5.75 Å². The number of nitrogens with two attached hydrogens (primary N) is 1. The van der Waals surface area contributed by atoms with Gasteiger partial charge in [0.2, 0.25) is 0 Å². The molecule has 0 atom stereocenters. The Morgan fingerprint density at radius 2 is 1.57 bits per heavy atom. The van der Waals surface area contributed by atoms with Crippen LogP contribution in [0, 0.1) is 5.41 Å². The fraction of sp³-hybridized carbons (Fsp3) is 0.182. The molecular formula is C22H25N5O3. The zero-order valence-electron chi connectivity index (χ0n) is 16.4. The molecule has 0 bridgehead atoms. The molecule has 0 aromatic heterocycles. The van der Waals surface area contributed by atoms with Crippen molar-refractivity contribution in [2.24, 2.45) is 10.7 Å². The number of phenols is 1. The van der Waals surface area contributed by atoms with Gasteiger partial charge in [-0.1, -0.05) is 0 Å². The molecule has 156 valence electrons. The molecule has 1 aliphatic rings. The molecule has 0 spiro atoms. The monoisotopic (exact) mass is 407 g/mol. The predicted octanol–water partition coefficient (Wildman–Crippen LogP) is 2.13. The van der Waals surface area contributed by atoms with Crippen molar-refractivity contribution < 1.29 is 15.3 Å². The average molecular weight is 407 g/mol. The van der Waals surface area contributed by atoms with Crippen LogP contribution in [-0.4, -0.2) is 53.0 Å². The van der Waals surface area contributed by atoms with Crippen LogP contribution < -0.4 is 16.0 Å². The molecule has 0 saturated heterocycles. The first-order chi connectivity index (χ1) is 14.5. The molecule has 7 N–H and O–H groups in total. The van der Waals surface area contributed by atoms with Gasteiger partial charge in [0.05, 0.1) is 41.7 Å².